The summed E-state index contributed by atoms with van der Waals surface area (Å²) in [7, 11) is 0. The Balaban J connectivity index is 3.01. The summed E-state index contributed by atoms with van der Waals surface area (Å²) in [6.07, 6.45) is 0. The van der Waals surface area contributed by atoms with Crippen molar-refractivity contribution in [2.75, 3.05) is 5.32 Å². The molecular formula is C10H10N2O. The van der Waals surface area contributed by atoms with Crippen LogP contribution in [0.4, 0.5) is 5.69 Å². The van der Waals surface area contributed by atoms with Gasteiger partial charge in [-0.1, -0.05) is 6.07 Å². The maximum Gasteiger partial charge on any atom is 0.221 e. The second-order valence-electron chi connectivity index (χ2n) is 2.82. The van der Waals surface area contributed by atoms with E-state index in [1.165, 1.54) is 6.92 Å². The summed E-state index contributed by atoms with van der Waals surface area (Å²) in [5.41, 5.74) is 2.16. The summed E-state index contributed by atoms with van der Waals surface area (Å²) in [4.78, 5) is 10.7. The summed E-state index contributed by atoms with van der Waals surface area (Å²) in [5.74, 6) is -0.132. The molecule has 13 heavy (non-hydrogen) atoms. The molecule has 0 heterocycles. The zero-order chi connectivity index (χ0) is 9.84. The Hall–Kier alpha value is -1.82. The quantitative estimate of drug-likeness (QED) is 0.706. The number of rotatable bonds is 1. The molecule has 0 saturated carbocycles. The highest BCUT2D eigenvalue weighted by Crippen LogP contribution is 2.13. The standard InChI is InChI=1S/C10H10N2O/c1-7-3-4-10(12-8(2)13)5-9(7)6-11/h3-5H,1-2H3,(H,12,13). The fraction of sp³-hybridized carbons (Fsp3) is 0.200. The lowest BCUT2D eigenvalue weighted by Gasteiger charge is -2.03. The third-order valence-corrected chi connectivity index (χ3v) is 1.68. The smallest absolute Gasteiger partial charge is 0.221 e. The molecule has 0 aliphatic heterocycles. The van der Waals surface area contributed by atoms with E-state index in [9.17, 15) is 4.79 Å². The number of nitrogens with one attached hydrogen (secondary N) is 1. The zero-order valence-corrected chi connectivity index (χ0v) is 7.59. The van der Waals surface area contributed by atoms with E-state index in [2.05, 4.69) is 11.4 Å². The molecule has 0 radical (unpaired) electrons. The first-order chi connectivity index (χ1) is 6.13. The van der Waals surface area contributed by atoms with Gasteiger partial charge in [-0.15, -0.1) is 0 Å². The Morgan fingerprint density at radius 2 is 2.23 bits per heavy atom. The van der Waals surface area contributed by atoms with E-state index in [0.29, 0.717) is 11.3 Å². The maximum atomic E-state index is 10.7. The van der Waals surface area contributed by atoms with Gasteiger partial charge >= 0.3 is 0 Å². The molecule has 0 fully saturated rings. The van der Waals surface area contributed by atoms with Crippen molar-refractivity contribution >= 4 is 11.6 Å². The molecule has 0 bridgehead atoms. The minimum atomic E-state index is -0.132. The molecule has 66 valence electrons. The Morgan fingerprint density at radius 3 is 2.77 bits per heavy atom. The SMILES string of the molecule is CC(=O)Nc1ccc(C)c(C#N)c1. The molecule has 0 saturated heterocycles. The Bertz CT molecular complexity index is 377. The number of aryl methyl sites for hydroxylation is 1. The first-order valence-electron chi connectivity index (χ1n) is 3.92. The van der Waals surface area contributed by atoms with Gasteiger partial charge in [0.1, 0.15) is 0 Å². The number of amides is 1. The zero-order valence-electron chi connectivity index (χ0n) is 7.59. The minimum absolute atomic E-state index is 0.132. The van der Waals surface area contributed by atoms with Gasteiger partial charge in [0, 0.05) is 12.6 Å². The third-order valence-electron chi connectivity index (χ3n) is 1.68. The predicted molar refractivity (Wildman–Crippen MR) is 50.2 cm³/mol. The van der Waals surface area contributed by atoms with Gasteiger partial charge in [0.15, 0.2) is 0 Å². The van der Waals surface area contributed by atoms with Crippen molar-refractivity contribution in [3.05, 3.63) is 29.3 Å². The van der Waals surface area contributed by atoms with Crippen LogP contribution in [0.2, 0.25) is 0 Å². The van der Waals surface area contributed by atoms with Gasteiger partial charge in [-0.2, -0.15) is 5.26 Å². The molecule has 1 rings (SSSR count). The lowest BCUT2D eigenvalue weighted by atomic mass is 10.1. The maximum absolute atomic E-state index is 10.7. The number of nitrogens with zero attached hydrogens (tertiary/aromatic N) is 1. The van der Waals surface area contributed by atoms with Gasteiger partial charge in [0.05, 0.1) is 11.6 Å². The van der Waals surface area contributed by atoms with Crippen molar-refractivity contribution in [2.45, 2.75) is 13.8 Å². The number of hydrogen-bond acceptors (Lipinski definition) is 2. The first kappa shape index (κ1) is 9.27. The average molecular weight is 174 g/mol. The van der Waals surface area contributed by atoms with Crippen LogP contribution in [-0.4, -0.2) is 5.91 Å². The number of carbonyl (C=O) groups is 1. The summed E-state index contributed by atoms with van der Waals surface area (Å²) in [6, 6.07) is 7.31. The van der Waals surface area contributed by atoms with E-state index in [4.69, 9.17) is 5.26 Å². The van der Waals surface area contributed by atoms with Crippen LogP contribution in [-0.2, 0) is 4.79 Å². The van der Waals surface area contributed by atoms with Gasteiger partial charge in [0.2, 0.25) is 5.91 Å². The molecule has 0 unspecified atom stereocenters. The second kappa shape index (κ2) is 3.72. The van der Waals surface area contributed by atoms with Crippen molar-refractivity contribution in [2.24, 2.45) is 0 Å². The molecule has 0 aliphatic rings. The predicted octanol–water partition coefficient (Wildman–Crippen LogP) is 1.83. The summed E-state index contributed by atoms with van der Waals surface area (Å²) in [6.45, 7) is 3.29. The van der Waals surface area contributed by atoms with Crippen molar-refractivity contribution in [1.82, 2.24) is 0 Å². The van der Waals surface area contributed by atoms with Crippen LogP contribution in [0.5, 0.6) is 0 Å². The molecule has 0 atom stereocenters. The molecule has 0 spiro atoms. The highest BCUT2D eigenvalue weighted by Gasteiger charge is 1.99. The molecule has 1 amide bonds. The van der Waals surface area contributed by atoms with Gasteiger partial charge in [0.25, 0.3) is 0 Å². The number of nitriles is 1. The van der Waals surface area contributed by atoms with Crippen molar-refractivity contribution in [1.29, 1.82) is 5.26 Å². The van der Waals surface area contributed by atoms with Crippen LogP contribution in [0, 0.1) is 18.3 Å². The minimum Gasteiger partial charge on any atom is -0.326 e. The lowest BCUT2D eigenvalue weighted by molar-refractivity contribution is -0.114. The van der Waals surface area contributed by atoms with Crippen LogP contribution in [0.25, 0.3) is 0 Å². The highest BCUT2D eigenvalue weighted by molar-refractivity contribution is 5.88. The number of benzene rings is 1. The Morgan fingerprint density at radius 1 is 1.54 bits per heavy atom. The highest BCUT2D eigenvalue weighted by atomic mass is 16.1. The summed E-state index contributed by atoms with van der Waals surface area (Å²) < 4.78 is 0. The first-order valence-corrected chi connectivity index (χ1v) is 3.92. The van der Waals surface area contributed by atoms with Crippen LogP contribution in [0.15, 0.2) is 18.2 Å². The number of hydrogen-bond donors (Lipinski definition) is 1. The normalized spacial score (nSPS) is 9.00. The van der Waals surface area contributed by atoms with Crippen molar-refractivity contribution < 1.29 is 4.79 Å². The fourth-order valence-corrected chi connectivity index (χ4v) is 1.02. The third kappa shape index (κ3) is 2.31. The Kier molecular flexibility index (Phi) is 2.65. The molecule has 1 aromatic rings. The van der Waals surface area contributed by atoms with Crippen molar-refractivity contribution in [3.8, 4) is 6.07 Å². The van der Waals surface area contributed by atoms with Gasteiger partial charge < -0.3 is 5.32 Å². The monoisotopic (exact) mass is 174 g/mol. The van der Waals surface area contributed by atoms with Crippen LogP contribution >= 0.6 is 0 Å². The Labute approximate surface area is 77.0 Å². The molecule has 3 nitrogen and oxygen atoms in total. The second-order valence-corrected chi connectivity index (χ2v) is 2.82. The molecular weight excluding hydrogens is 164 g/mol. The lowest BCUT2D eigenvalue weighted by Crippen LogP contribution is -2.05. The van der Waals surface area contributed by atoms with E-state index in [-0.39, 0.29) is 5.91 Å². The summed E-state index contributed by atoms with van der Waals surface area (Å²) in [5, 5.41) is 11.3. The van der Waals surface area contributed by atoms with E-state index >= 15 is 0 Å². The summed E-state index contributed by atoms with van der Waals surface area (Å²) >= 11 is 0. The molecule has 0 aromatic heterocycles. The van der Waals surface area contributed by atoms with E-state index in [1.807, 2.05) is 13.0 Å². The van der Waals surface area contributed by atoms with Gasteiger partial charge in [-0.3, -0.25) is 4.79 Å². The van der Waals surface area contributed by atoms with Crippen LogP contribution < -0.4 is 5.32 Å². The largest absolute Gasteiger partial charge is 0.326 e. The van der Waals surface area contributed by atoms with Crippen molar-refractivity contribution in [3.63, 3.8) is 0 Å². The van der Waals surface area contributed by atoms with Crippen LogP contribution in [0.1, 0.15) is 18.1 Å². The molecule has 3 heteroatoms. The molecule has 0 aliphatic carbocycles. The molecule has 1 N–H and O–H groups in total. The van der Waals surface area contributed by atoms with Crippen LogP contribution in [0.3, 0.4) is 0 Å². The van der Waals surface area contributed by atoms with Gasteiger partial charge in [-0.05, 0) is 24.6 Å². The van der Waals surface area contributed by atoms with E-state index < -0.39 is 0 Å². The van der Waals surface area contributed by atoms with E-state index in [0.717, 1.165) is 5.56 Å². The van der Waals surface area contributed by atoms with Gasteiger partial charge in [-0.25, -0.2) is 0 Å². The number of carbonyl (C=O) groups excluding carboxylic acids is 1. The topological polar surface area (TPSA) is 52.9 Å². The number of anilines is 1. The van der Waals surface area contributed by atoms with E-state index in [1.54, 1.807) is 12.1 Å². The molecule has 1 aromatic carbocycles. The fourth-order valence-electron chi connectivity index (χ4n) is 1.02. The average Bonchev–Trinajstić information content (AvgIpc) is 2.07.